The summed E-state index contributed by atoms with van der Waals surface area (Å²) >= 11 is 0. The summed E-state index contributed by atoms with van der Waals surface area (Å²) in [5, 5.41) is 0. The van der Waals surface area contributed by atoms with Gasteiger partial charge >= 0.3 is 0 Å². The van der Waals surface area contributed by atoms with E-state index >= 15 is 0 Å². The second kappa shape index (κ2) is 8.36. The van der Waals surface area contributed by atoms with Crippen molar-refractivity contribution in [3.8, 4) is 0 Å². The quantitative estimate of drug-likeness (QED) is 0.682. The number of unbranched alkanes of at least 4 members (excludes halogenated alkanes) is 3. The molecule has 0 aliphatic heterocycles. The van der Waals surface area contributed by atoms with Crippen LogP contribution in [0, 0.1) is 11.8 Å². The standard InChI is InChI=1S/C16H31N3/c1-13(2)9-7-5-6-8-10-19-12-18-11-15(19)16(17)14(3)4/h11-14,16H,5-10,17H2,1-4H3. The molecule has 110 valence electrons. The van der Waals surface area contributed by atoms with Gasteiger partial charge in [-0.2, -0.15) is 0 Å². The molecule has 0 aromatic carbocycles. The Hall–Kier alpha value is -0.830. The Labute approximate surface area is 118 Å². The number of aryl methyl sites for hydroxylation is 1. The molecule has 1 aromatic heterocycles. The molecule has 0 bridgehead atoms. The van der Waals surface area contributed by atoms with Crippen LogP contribution in [0.5, 0.6) is 0 Å². The van der Waals surface area contributed by atoms with Crippen LogP contribution in [0.3, 0.4) is 0 Å². The van der Waals surface area contributed by atoms with Gasteiger partial charge in [0.25, 0.3) is 0 Å². The molecule has 2 N–H and O–H groups in total. The molecule has 1 unspecified atom stereocenters. The zero-order valence-corrected chi connectivity index (χ0v) is 13.1. The number of hydrogen-bond donors (Lipinski definition) is 1. The Bertz CT molecular complexity index is 342. The molecule has 0 saturated carbocycles. The molecule has 0 spiro atoms. The van der Waals surface area contributed by atoms with E-state index in [-0.39, 0.29) is 6.04 Å². The second-order valence-electron chi connectivity index (χ2n) is 6.38. The zero-order valence-electron chi connectivity index (χ0n) is 13.1. The Kier molecular flexibility index (Phi) is 7.14. The van der Waals surface area contributed by atoms with E-state index in [2.05, 4.69) is 37.2 Å². The van der Waals surface area contributed by atoms with Crippen molar-refractivity contribution in [3.05, 3.63) is 18.2 Å². The molecule has 0 radical (unpaired) electrons. The maximum atomic E-state index is 6.21. The molecule has 1 heterocycles. The average molecular weight is 265 g/mol. The maximum Gasteiger partial charge on any atom is 0.0948 e. The lowest BCUT2D eigenvalue weighted by Gasteiger charge is -2.17. The van der Waals surface area contributed by atoms with Crippen molar-refractivity contribution in [2.24, 2.45) is 17.6 Å². The molecular weight excluding hydrogens is 234 g/mol. The van der Waals surface area contributed by atoms with Crippen LogP contribution in [0.15, 0.2) is 12.5 Å². The molecule has 0 aliphatic rings. The van der Waals surface area contributed by atoms with Crippen LogP contribution in [0.4, 0.5) is 0 Å². The lowest BCUT2D eigenvalue weighted by atomic mass is 10.0. The Morgan fingerprint density at radius 1 is 1.11 bits per heavy atom. The predicted octanol–water partition coefficient (Wildman–Crippen LogP) is 4.15. The summed E-state index contributed by atoms with van der Waals surface area (Å²) in [6.07, 6.45) is 10.4. The van der Waals surface area contributed by atoms with Gasteiger partial charge in [-0.1, -0.05) is 53.4 Å². The van der Waals surface area contributed by atoms with E-state index in [1.165, 1.54) is 37.8 Å². The molecule has 0 saturated heterocycles. The van der Waals surface area contributed by atoms with Gasteiger partial charge in [0.1, 0.15) is 0 Å². The first-order valence-corrected chi connectivity index (χ1v) is 7.78. The molecule has 1 aromatic rings. The summed E-state index contributed by atoms with van der Waals surface area (Å²) in [4.78, 5) is 4.25. The molecule has 0 amide bonds. The Morgan fingerprint density at radius 2 is 1.79 bits per heavy atom. The van der Waals surface area contributed by atoms with Crippen molar-refractivity contribution in [3.63, 3.8) is 0 Å². The smallest absolute Gasteiger partial charge is 0.0948 e. The van der Waals surface area contributed by atoms with Crippen LogP contribution in [0.1, 0.15) is 71.5 Å². The highest BCUT2D eigenvalue weighted by Crippen LogP contribution is 2.19. The van der Waals surface area contributed by atoms with Crippen LogP contribution < -0.4 is 5.73 Å². The third-order valence-corrected chi connectivity index (χ3v) is 3.73. The lowest BCUT2D eigenvalue weighted by Crippen LogP contribution is -2.20. The minimum absolute atomic E-state index is 0.100. The van der Waals surface area contributed by atoms with Crippen LogP contribution in [0.2, 0.25) is 0 Å². The van der Waals surface area contributed by atoms with Crippen molar-refractivity contribution >= 4 is 0 Å². The first-order valence-electron chi connectivity index (χ1n) is 7.78. The Morgan fingerprint density at radius 3 is 2.42 bits per heavy atom. The van der Waals surface area contributed by atoms with E-state index < -0.39 is 0 Å². The summed E-state index contributed by atoms with van der Waals surface area (Å²) < 4.78 is 2.23. The molecule has 3 nitrogen and oxygen atoms in total. The monoisotopic (exact) mass is 265 g/mol. The van der Waals surface area contributed by atoms with E-state index in [1.54, 1.807) is 0 Å². The van der Waals surface area contributed by atoms with Crippen molar-refractivity contribution in [2.75, 3.05) is 0 Å². The van der Waals surface area contributed by atoms with Gasteiger partial charge in [0.15, 0.2) is 0 Å². The van der Waals surface area contributed by atoms with Crippen LogP contribution in [-0.2, 0) is 6.54 Å². The fourth-order valence-electron chi connectivity index (χ4n) is 2.33. The number of imidazole rings is 1. The molecule has 19 heavy (non-hydrogen) atoms. The van der Waals surface area contributed by atoms with Crippen molar-refractivity contribution in [1.82, 2.24) is 9.55 Å². The summed E-state index contributed by atoms with van der Waals surface area (Å²) in [5.41, 5.74) is 7.39. The highest BCUT2D eigenvalue weighted by molar-refractivity contribution is 5.05. The summed E-state index contributed by atoms with van der Waals surface area (Å²) in [5.74, 6) is 1.30. The van der Waals surface area contributed by atoms with Crippen LogP contribution >= 0.6 is 0 Å². The van der Waals surface area contributed by atoms with E-state index in [9.17, 15) is 0 Å². The largest absolute Gasteiger partial charge is 0.333 e. The number of rotatable bonds is 9. The first kappa shape index (κ1) is 16.2. The Balaban J connectivity index is 2.28. The van der Waals surface area contributed by atoms with E-state index in [1.807, 2.05) is 12.5 Å². The van der Waals surface area contributed by atoms with Gasteiger partial charge in [-0.15, -0.1) is 0 Å². The average Bonchev–Trinajstić information content (AvgIpc) is 2.80. The van der Waals surface area contributed by atoms with Gasteiger partial charge < -0.3 is 10.3 Å². The predicted molar refractivity (Wildman–Crippen MR) is 81.9 cm³/mol. The summed E-state index contributed by atoms with van der Waals surface area (Å²) in [6.45, 7) is 9.97. The summed E-state index contributed by atoms with van der Waals surface area (Å²) in [7, 11) is 0. The molecule has 0 aliphatic carbocycles. The SMILES string of the molecule is CC(C)CCCCCCn1cncc1C(N)C(C)C. The van der Waals surface area contributed by atoms with Gasteiger partial charge in [-0.3, -0.25) is 0 Å². The molecule has 1 rings (SSSR count). The van der Waals surface area contributed by atoms with Gasteiger partial charge in [0.2, 0.25) is 0 Å². The minimum atomic E-state index is 0.100. The van der Waals surface area contributed by atoms with Gasteiger partial charge in [-0.05, 0) is 18.3 Å². The van der Waals surface area contributed by atoms with Gasteiger partial charge in [-0.25, -0.2) is 4.98 Å². The normalized spacial score (nSPS) is 13.4. The van der Waals surface area contributed by atoms with Crippen LogP contribution in [-0.4, -0.2) is 9.55 Å². The fraction of sp³-hybridized carbons (Fsp3) is 0.812. The van der Waals surface area contributed by atoms with Crippen molar-refractivity contribution in [1.29, 1.82) is 0 Å². The highest BCUT2D eigenvalue weighted by Gasteiger charge is 2.14. The van der Waals surface area contributed by atoms with Gasteiger partial charge in [0, 0.05) is 18.8 Å². The molecule has 3 heteroatoms. The van der Waals surface area contributed by atoms with Crippen molar-refractivity contribution < 1.29 is 0 Å². The zero-order chi connectivity index (χ0) is 14.3. The third-order valence-electron chi connectivity index (χ3n) is 3.73. The second-order valence-corrected chi connectivity index (χ2v) is 6.38. The molecular formula is C16H31N3. The summed E-state index contributed by atoms with van der Waals surface area (Å²) in [6, 6.07) is 0.100. The topological polar surface area (TPSA) is 43.8 Å². The van der Waals surface area contributed by atoms with Crippen LogP contribution in [0.25, 0.3) is 0 Å². The van der Waals surface area contributed by atoms with E-state index in [4.69, 9.17) is 5.73 Å². The fourth-order valence-corrected chi connectivity index (χ4v) is 2.33. The van der Waals surface area contributed by atoms with E-state index in [0.717, 1.165) is 12.5 Å². The van der Waals surface area contributed by atoms with Gasteiger partial charge in [0.05, 0.1) is 12.0 Å². The third kappa shape index (κ3) is 5.77. The number of nitrogens with two attached hydrogens (primary N) is 1. The number of nitrogens with zero attached hydrogens (tertiary/aromatic N) is 2. The van der Waals surface area contributed by atoms with E-state index in [0.29, 0.717) is 5.92 Å². The minimum Gasteiger partial charge on any atom is -0.333 e. The first-order chi connectivity index (χ1) is 9.02. The highest BCUT2D eigenvalue weighted by atomic mass is 15.1. The van der Waals surface area contributed by atoms with Crippen molar-refractivity contribution in [2.45, 2.75) is 72.4 Å². The maximum absolute atomic E-state index is 6.21. The number of aromatic nitrogens is 2. The lowest BCUT2D eigenvalue weighted by molar-refractivity contribution is 0.463. The molecule has 1 atom stereocenters. The number of hydrogen-bond acceptors (Lipinski definition) is 2. The molecule has 0 fully saturated rings.